The van der Waals surface area contributed by atoms with Crippen molar-refractivity contribution in [2.45, 2.75) is 25.4 Å². The molecule has 0 saturated carbocycles. The Morgan fingerprint density at radius 3 is 2.56 bits per heavy atom. The third-order valence-electron chi connectivity index (χ3n) is 4.09. The monoisotopic (exact) mass is 380 g/mol. The molecule has 6 nitrogen and oxygen atoms in total. The fourth-order valence-corrected chi connectivity index (χ4v) is 2.92. The van der Waals surface area contributed by atoms with E-state index in [1.54, 1.807) is 12.1 Å². The summed E-state index contributed by atoms with van der Waals surface area (Å²) in [6, 6.07) is 14.4. The predicted molar refractivity (Wildman–Crippen MR) is 96.5 cm³/mol. The van der Waals surface area contributed by atoms with Gasteiger partial charge in [0.15, 0.2) is 0 Å². The number of hydrogen-bond acceptors (Lipinski definition) is 5. The van der Waals surface area contributed by atoms with Crippen LogP contribution in [-0.2, 0) is 15.1 Å². The number of nitrogens with one attached hydrogen (secondary N) is 1. The van der Waals surface area contributed by atoms with Crippen LogP contribution in [0.3, 0.4) is 0 Å². The number of nitrogens with two attached hydrogens (primary N) is 1. The Bertz CT molecular complexity index is 760. The van der Waals surface area contributed by atoms with Crippen molar-refractivity contribution in [3.05, 3.63) is 54.1 Å². The van der Waals surface area contributed by atoms with Crippen molar-refractivity contribution in [3.8, 4) is 16.9 Å². The van der Waals surface area contributed by atoms with E-state index in [4.69, 9.17) is 20.4 Å². The molecule has 1 fully saturated rings. The smallest absolute Gasteiger partial charge is 0.387 e. The van der Waals surface area contributed by atoms with Crippen LogP contribution in [-0.4, -0.2) is 37.5 Å². The van der Waals surface area contributed by atoms with Gasteiger partial charge in [0.2, 0.25) is 0 Å². The summed E-state index contributed by atoms with van der Waals surface area (Å²) in [5.41, 5.74) is 8.03. The molecule has 0 bridgehead atoms. The van der Waals surface area contributed by atoms with Gasteiger partial charge in [-0.15, -0.1) is 0 Å². The predicted octanol–water partition coefficient (Wildman–Crippen LogP) is 2.78. The molecule has 1 aliphatic heterocycles. The van der Waals surface area contributed by atoms with Gasteiger partial charge in [0.05, 0.1) is 0 Å². The SMILES string of the molecule is CC1(c2cccc(-c3cccc(OC(F)F)c3)c2)CNCC(N)O1.O=CO. The van der Waals surface area contributed by atoms with Gasteiger partial charge in [-0.25, -0.2) is 0 Å². The Labute approximate surface area is 155 Å². The summed E-state index contributed by atoms with van der Waals surface area (Å²) in [6.07, 6.45) is -0.366. The molecule has 8 heteroatoms. The molecule has 2 aromatic rings. The molecule has 0 amide bonds. The highest BCUT2D eigenvalue weighted by atomic mass is 19.3. The van der Waals surface area contributed by atoms with Crippen LogP contribution in [0.2, 0.25) is 0 Å². The third-order valence-corrected chi connectivity index (χ3v) is 4.09. The molecule has 0 aromatic heterocycles. The topological polar surface area (TPSA) is 93.8 Å². The lowest BCUT2D eigenvalue weighted by Crippen LogP contribution is -2.53. The second kappa shape index (κ2) is 9.40. The van der Waals surface area contributed by atoms with Crippen LogP contribution in [0, 0.1) is 0 Å². The van der Waals surface area contributed by atoms with Crippen LogP contribution in [0.25, 0.3) is 11.1 Å². The lowest BCUT2D eigenvalue weighted by atomic mass is 9.91. The Morgan fingerprint density at radius 1 is 1.30 bits per heavy atom. The summed E-state index contributed by atoms with van der Waals surface area (Å²) in [7, 11) is 0. The number of rotatable bonds is 4. The molecule has 2 aromatic carbocycles. The zero-order valence-electron chi connectivity index (χ0n) is 14.8. The fraction of sp³-hybridized carbons (Fsp3) is 0.316. The molecule has 0 aliphatic carbocycles. The first kappa shape index (κ1) is 20.8. The third kappa shape index (κ3) is 5.72. The molecule has 1 heterocycles. The van der Waals surface area contributed by atoms with Crippen molar-refractivity contribution in [2.75, 3.05) is 13.1 Å². The average molecular weight is 380 g/mol. The van der Waals surface area contributed by atoms with Crippen LogP contribution >= 0.6 is 0 Å². The number of alkyl halides is 2. The van der Waals surface area contributed by atoms with E-state index in [1.165, 1.54) is 6.07 Å². The number of benzene rings is 2. The maximum Gasteiger partial charge on any atom is 0.387 e. The molecule has 0 spiro atoms. The van der Waals surface area contributed by atoms with Crippen molar-refractivity contribution >= 4 is 6.47 Å². The molecule has 2 unspecified atom stereocenters. The summed E-state index contributed by atoms with van der Waals surface area (Å²) >= 11 is 0. The van der Waals surface area contributed by atoms with E-state index in [9.17, 15) is 8.78 Å². The number of ether oxygens (including phenoxy) is 2. The minimum absolute atomic E-state index is 0.136. The second-order valence-corrected chi connectivity index (χ2v) is 6.11. The molecular formula is C19H22F2N2O4. The van der Waals surface area contributed by atoms with Gasteiger partial charge in [-0.1, -0.05) is 30.3 Å². The molecule has 2 atom stereocenters. The number of halogens is 2. The van der Waals surface area contributed by atoms with Crippen LogP contribution in [0.1, 0.15) is 12.5 Å². The van der Waals surface area contributed by atoms with E-state index < -0.39 is 12.2 Å². The van der Waals surface area contributed by atoms with Crippen molar-refractivity contribution in [1.82, 2.24) is 5.32 Å². The molecule has 3 rings (SSSR count). The number of carboxylic acid groups (broad SMARTS) is 1. The lowest BCUT2D eigenvalue weighted by molar-refractivity contribution is -0.122. The number of morpholine rings is 1. The normalized spacial score (nSPS) is 21.9. The maximum atomic E-state index is 12.4. The molecule has 1 aliphatic rings. The van der Waals surface area contributed by atoms with Crippen molar-refractivity contribution < 1.29 is 28.2 Å². The first-order valence-electron chi connectivity index (χ1n) is 8.25. The molecular weight excluding hydrogens is 358 g/mol. The first-order chi connectivity index (χ1) is 12.9. The summed E-state index contributed by atoms with van der Waals surface area (Å²) < 4.78 is 35.2. The van der Waals surface area contributed by atoms with Gasteiger partial charge >= 0.3 is 6.61 Å². The van der Waals surface area contributed by atoms with Gasteiger partial charge in [-0.05, 0) is 41.8 Å². The van der Waals surface area contributed by atoms with Gasteiger partial charge in [-0.2, -0.15) is 8.78 Å². The minimum atomic E-state index is -2.84. The number of hydrogen-bond donors (Lipinski definition) is 3. The molecule has 1 saturated heterocycles. The zero-order chi connectivity index (χ0) is 19.9. The van der Waals surface area contributed by atoms with Crippen LogP contribution in [0.15, 0.2) is 48.5 Å². The van der Waals surface area contributed by atoms with Crippen molar-refractivity contribution in [2.24, 2.45) is 5.73 Å². The summed E-state index contributed by atoms with van der Waals surface area (Å²) in [6.45, 7) is 0.156. The first-order valence-corrected chi connectivity index (χ1v) is 8.25. The van der Waals surface area contributed by atoms with Gasteiger partial charge in [0, 0.05) is 13.1 Å². The van der Waals surface area contributed by atoms with E-state index in [1.807, 2.05) is 37.3 Å². The van der Waals surface area contributed by atoms with E-state index in [-0.39, 0.29) is 18.4 Å². The highest BCUT2D eigenvalue weighted by Crippen LogP contribution is 2.32. The molecule has 27 heavy (non-hydrogen) atoms. The second-order valence-electron chi connectivity index (χ2n) is 6.11. The average Bonchev–Trinajstić information content (AvgIpc) is 2.62. The standard InChI is InChI=1S/C18H20F2N2O2.CH2O2/c1-18(11-22-10-16(21)24-18)14-6-2-4-12(8-14)13-5-3-7-15(9-13)23-17(19)20;2-1-3/h2-9,16-17,22H,10-11,21H2,1H3;1H,(H,2,3). The quantitative estimate of drug-likeness (QED) is 0.707. The summed E-state index contributed by atoms with van der Waals surface area (Å²) in [5, 5.41) is 10.1. The molecule has 0 radical (unpaired) electrons. The largest absolute Gasteiger partial charge is 0.483 e. The highest BCUT2D eigenvalue weighted by Gasteiger charge is 2.33. The Kier molecular flexibility index (Phi) is 7.23. The van der Waals surface area contributed by atoms with Gasteiger partial charge in [-0.3, -0.25) is 4.79 Å². The van der Waals surface area contributed by atoms with E-state index in [2.05, 4.69) is 10.1 Å². The Balaban J connectivity index is 0.000000817. The maximum absolute atomic E-state index is 12.4. The van der Waals surface area contributed by atoms with Gasteiger partial charge in [0.25, 0.3) is 6.47 Å². The molecule has 4 N–H and O–H groups in total. The van der Waals surface area contributed by atoms with E-state index in [0.29, 0.717) is 13.1 Å². The Morgan fingerprint density at radius 2 is 1.93 bits per heavy atom. The lowest BCUT2D eigenvalue weighted by Gasteiger charge is -2.38. The Hall–Kier alpha value is -2.55. The van der Waals surface area contributed by atoms with E-state index in [0.717, 1.165) is 16.7 Å². The van der Waals surface area contributed by atoms with E-state index >= 15 is 0 Å². The van der Waals surface area contributed by atoms with Gasteiger partial charge in [0.1, 0.15) is 17.6 Å². The van der Waals surface area contributed by atoms with Gasteiger partial charge < -0.3 is 25.6 Å². The van der Waals surface area contributed by atoms with Crippen molar-refractivity contribution in [1.29, 1.82) is 0 Å². The van der Waals surface area contributed by atoms with Crippen LogP contribution in [0.4, 0.5) is 8.78 Å². The molecule has 146 valence electrons. The van der Waals surface area contributed by atoms with Crippen LogP contribution < -0.4 is 15.8 Å². The highest BCUT2D eigenvalue weighted by molar-refractivity contribution is 5.66. The minimum Gasteiger partial charge on any atom is -0.483 e. The zero-order valence-corrected chi connectivity index (χ0v) is 14.8. The van der Waals surface area contributed by atoms with Crippen molar-refractivity contribution in [3.63, 3.8) is 0 Å². The fourth-order valence-electron chi connectivity index (χ4n) is 2.92. The summed E-state index contributed by atoms with van der Waals surface area (Å²) in [5.74, 6) is 0.136. The summed E-state index contributed by atoms with van der Waals surface area (Å²) in [4.78, 5) is 8.36. The number of carbonyl (C=O) groups is 1. The van der Waals surface area contributed by atoms with Crippen LogP contribution in [0.5, 0.6) is 5.75 Å².